The lowest BCUT2D eigenvalue weighted by Crippen LogP contribution is -2.15. The zero-order valence-corrected chi connectivity index (χ0v) is 10.2. The maximum absolute atomic E-state index is 5.76. The Morgan fingerprint density at radius 3 is 2.93 bits per heavy atom. The fraction of sp³-hybridized carbons (Fsp3) is 0.300. The molecule has 1 unspecified atom stereocenters. The van der Waals surface area contributed by atoms with E-state index in [9.17, 15) is 0 Å². The minimum atomic E-state index is 0.186. The van der Waals surface area contributed by atoms with Crippen molar-refractivity contribution in [2.24, 2.45) is 0 Å². The summed E-state index contributed by atoms with van der Waals surface area (Å²) in [4.78, 5) is 4.46. The van der Waals surface area contributed by atoms with Gasteiger partial charge in [-0.25, -0.2) is 4.98 Å². The monoisotopic (exact) mass is 268 g/mol. The molecule has 0 fully saturated rings. The second kappa shape index (κ2) is 3.83. The molecule has 15 heavy (non-hydrogen) atoms. The minimum Gasteiger partial charge on any atom is -0.398 e. The van der Waals surface area contributed by atoms with Gasteiger partial charge in [0.25, 0.3) is 0 Å². The number of imidazole rings is 1. The molecule has 2 heterocycles. The molecule has 0 saturated heterocycles. The average molecular weight is 269 g/mol. The molecule has 0 saturated carbocycles. The number of nitrogen functional groups attached to an aromatic ring is 1. The Bertz CT molecular complexity index is 491. The molecular formula is C10H13BrN4. The summed E-state index contributed by atoms with van der Waals surface area (Å²) >= 11 is 3.44. The van der Waals surface area contributed by atoms with Gasteiger partial charge in [0.05, 0.1) is 11.6 Å². The number of nitrogens with one attached hydrogen (secondary N) is 1. The molecule has 0 aromatic carbocycles. The quantitative estimate of drug-likeness (QED) is 0.876. The van der Waals surface area contributed by atoms with E-state index in [2.05, 4.69) is 33.2 Å². The van der Waals surface area contributed by atoms with Gasteiger partial charge >= 0.3 is 0 Å². The molecule has 0 amide bonds. The largest absolute Gasteiger partial charge is 0.398 e. The molecule has 80 valence electrons. The fourth-order valence-electron chi connectivity index (χ4n) is 1.52. The first-order valence-corrected chi connectivity index (χ1v) is 5.53. The zero-order chi connectivity index (χ0) is 11.0. The highest BCUT2D eigenvalue weighted by atomic mass is 79.9. The van der Waals surface area contributed by atoms with Crippen molar-refractivity contribution >= 4 is 27.1 Å². The lowest BCUT2D eigenvalue weighted by molar-refractivity contribution is 0.608. The standard InChI is InChI=1S/C10H13BrN4/c1-6(13-2)10-14-9(11)8-4-3-7(12)5-15(8)10/h3-6,13H,12H2,1-2H3. The van der Waals surface area contributed by atoms with Crippen LogP contribution in [-0.2, 0) is 0 Å². The molecule has 2 aromatic rings. The Morgan fingerprint density at radius 2 is 2.27 bits per heavy atom. The van der Waals surface area contributed by atoms with Gasteiger partial charge in [-0.15, -0.1) is 0 Å². The Morgan fingerprint density at radius 1 is 1.53 bits per heavy atom. The van der Waals surface area contributed by atoms with Crippen molar-refractivity contribution in [1.82, 2.24) is 14.7 Å². The molecule has 0 aliphatic heterocycles. The van der Waals surface area contributed by atoms with Gasteiger partial charge in [0.2, 0.25) is 0 Å². The number of fused-ring (bicyclic) bond motifs is 1. The molecule has 0 bridgehead atoms. The lowest BCUT2D eigenvalue weighted by Gasteiger charge is -2.08. The van der Waals surface area contributed by atoms with Gasteiger partial charge in [-0.05, 0) is 42.0 Å². The van der Waals surface area contributed by atoms with Crippen LogP contribution >= 0.6 is 15.9 Å². The fourth-order valence-corrected chi connectivity index (χ4v) is 2.03. The summed E-state index contributed by atoms with van der Waals surface area (Å²) in [6.07, 6.45) is 1.89. The Labute approximate surface area is 96.6 Å². The van der Waals surface area contributed by atoms with Crippen LogP contribution in [0.1, 0.15) is 18.8 Å². The highest BCUT2D eigenvalue weighted by Crippen LogP contribution is 2.23. The molecule has 3 N–H and O–H groups in total. The van der Waals surface area contributed by atoms with Crippen molar-refractivity contribution in [2.75, 3.05) is 12.8 Å². The Hall–Kier alpha value is -1.07. The van der Waals surface area contributed by atoms with E-state index in [-0.39, 0.29) is 6.04 Å². The molecule has 0 spiro atoms. The van der Waals surface area contributed by atoms with Gasteiger partial charge in [0.15, 0.2) is 0 Å². The molecular weight excluding hydrogens is 256 g/mol. The van der Waals surface area contributed by atoms with E-state index in [0.717, 1.165) is 21.6 Å². The Kier molecular flexibility index (Phi) is 2.67. The van der Waals surface area contributed by atoms with Crippen LogP contribution in [0.2, 0.25) is 0 Å². The van der Waals surface area contributed by atoms with Gasteiger partial charge in [-0.3, -0.25) is 4.40 Å². The zero-order valence-electron chi connectivity index (χ0n) is 8.66. The van der Waals surface area contributed by atoms with E-state index in [1.165, 1.54) is 0 Å². The van der Waals surface area contributed by atoms with E-state index in [1.807, 2.05) is 29.8 Å². The van der Waals surface area contributed by atoms with Crippen molar-refractivity contribution in [2.45, 2.75) is 13.0 Å². The van der Waals surface area contributed by atoms with Crippen LogP contribution in [0, 0.1) is 0 Å². The lowest BCUT2D eigenvalue weighted by atomic mass is 10.3. The minimum absolute atomic E-state index is 0.186. The van der Waals surface area contributed by atoms with Crippen molar-refractivity contribution in [3.05, 3.63) is 28.8 Å². The summed E-state index contributed by atoms with van der Waals surface area (Å²) in [7, 11) is 1.91. The first-order chi connectivity index (χ1) is 7.13. The summed E-state index contributed by atoms with van der Waals surface area (Å²) in [6, 6.07) is 4.01. The van der Waals surface area contributed by atoms with Gasteiger partial charge < -0.3 is 11.1 Å². The van der Waals surface area contributed by atoms with E-state index < -0.39 is 0 Å². The summed E-state index contributed by atoms with van der Waals surface area (Å²) in [6.45, 7) is 2.06. The number of halogens is 1. The van der Waals surface area contributed by atoms with Crippen LogP contribution in [0.25, 0.3) is 5.52 Å². The normalized spacial score (nSPS) is 13.3. The molecule has 1 atom stereocenters. The van der Waals surface area contributed by atoms with Crippen molar-refractivity contribution < 1.29 is 0 Å². The number of rotatable bonds is 2. The van der Waals surface area contributed by atoms with Crippen LogP contribution < -0.4 is 11.1 Å². The maximum Gasteiger partial charge on any atom is 0.132 e. The van der Waals surface area contributed by atoms with Crippen molar-refractivity contribution in [3.63, 3.8) is 0 Å². The molecule has 2 rings (SSSR count). The second-order valence-electron chi connectivity index (χ2n) is 3.49. The number of aromatic nitrogens is 2. The third-order valence-electron chi connectivity index (χ3n) is 2.46. The number of nitrogens with two attached hydrogens (primary N) is 1. The summed E-state index contributed by atoms with van der Waals surface area (Å²) in [5.41, 5.74) is 7.52. The van der Waals surface area contributed by atoms with E-state index in [4.69, 9.17) is 5.73 Å². The number of pyridine rings is 1. The topological polar surface area (TPSA) is 55.3 Å². The number of nitrogens with zero attached hydrogens (tertiary/aromatic N) is 2. The van der Waals surface area contributed by atoms with Crippen LogP contribution in [0.4, 0.5) is 5.69 Å². The maximum atomic E-state index is 5.76. The number of anilines is 1. The summed E-state index contributed by atoms with van der Waals surface area (Å²) in [5, 5.41) is 3.16. The molecule has 0 aliphatic rings. The van der Waals surface area contributed by atoms with Gasteiger partial charge in [0, 0.05) is 11.9 Å². The van der Waals surface area contributed by atoms with E-state index >= 15 is 0 Å². The molecule has 2 aromatic heterocycles. The summed E-state index contributed by atoms with van der Waals surface area (Å²) in [5.74, 6) is 0.951. The number of hydrogen-bond acceptors (Lipinski definition) is 3. The predicted molar refractivity (Wildman–Crippen MR) is 64.8 cm³/mol. The second-order valence-corrected chi connectivity index (χ2v) is 4.24. The highest BCUT2D eigenvalue weighted by molar-refractivity contribution is 9.10. The van der Waals surface area contributed by atoms with Gasteiger partial charge in [-0.2, -0.15) is 0 Å². The van der Waals surface area contributed by atoms with Crippen LogP contribution in [-0.4, -0.2) is 16.4 Å². The smallest absolute Gasteiger partial charge is 0.132 e. The van der Waals surface area contributed by atoms with Gasteiger partial charge in [0.1, 0.15) is 10.4 Å². The highest BCUT2D eigenvalue weighted by Gasteiger charge is 2.13. The molecule has 4 nitrogen and oxygen atoms in total. The van der Waals surface area contributed by atoms with Gasteiger partial charge in [-0.1, -0.05) is 0 Å². The molecule has 0 radical (unpaired) electrons. The van der Waals surface area contributed by atoms with E-state index in [1.54, 1.807) is 0 Å². The third kappa shape index (κ3) is 1.72. The molecule has 0 aliphatic carbocycles. The average Bonchev–Trinajstić information content (AvgIpc) is 2.54. The van der Waals surface area contributed by atoms with E-state index in [0.29, 0.717) is 0 Å². The first-order valence-electron chi connectivity index (χ1n) is 4.73. The van der Waals surface area contributed by atoms with Crippen molar-refractivity contribution in [1.29, 1.82) is 0 Å². The number of hydrogen-bond donors (Lipinski definition) is 2. The summed E-state index contributed by atoms with van der Waals surface area (Å²) < 4.78 is 2.85. The van der Waals surface area contributed by atoms with Crippen LogP contribution in [0.5, 0.6) is 0 Å². The van der Waals surface area contributed by atoms with Crippen LogP contribution in [0.15, 0.2) is 22.9 Å². The molecule has 5 heteroatoms. The third-order valence-corrected chi connectivity index (χ3v) is 3.05. The van der Waals surface area contributed by atoms with Crippen LogP contribution in [0.3, 0.4) is 0 Å². The Balaban J connectivity index is 2.69. The predicted octanol–water partition coefficient (Wildman–Crippen LogP) is 1.96. The first kappa shape index (κ1) is 10.4. The SMILES string of the molecule is CNC(C)c1nc(Br)c2ccc(N)cn12. The van der Waals surface area contributed by atoms with Crippen molar-refractivity contribution in [3.8, 4) is 0 Å².